The van der Waals surface area contributed by atoms with Crippen molar-refractivity contribution in [1.29, 1.82) is 0 Å². The number of aliphatic carboxylic acids is 1. The van der Waals surface area contributed by atoms with Gasteiger partial charge in [-0.15, -0.1) is 11.3 Å². The molecule has 1 aliphatic carbocycles. The van der Waals surface area contributed by atoms with E-state index in [0.717, 1.165) is 17.1 Å². The van der Waals surface area contributed by atoms with Crippen molar-refractivity contribution in [3.63, 3.8) is 0 Å². The number of rotatable bonds is 3. The quantitative estimate of drug-likeness (QED) is 0.918. The largest absolute Gasteiger partial charge is 0.481 e. The summed E-state index contributed by atoms with van der Waals surface area (Å²) in [4.78, 5) is 31.4. The fraction of sp³-hybridized carbons (Fsp3) is 0.706. The number of aryl methyl sites for hydroxylation is 1. The Balaban J connectivity index is 1.78. The number of nitrogens with zero attached hydrogens (tertiary/aromatic N) is 2. The molecule has 2 heterocycles. The van der Waals surface area contributed by atoms with Crippen LogP contribution in [0.15, 0.2) is 0 Å². The molecule has 23 heavy (non-hydrogen) atoms. The van der Waals surface area contributed by atoms with E-state index in [9.17, 15) is 14.7 Å². The Hall–Kier alpha value is -1.43. The second kappa shape index (κ2) is 6.23. The van der Waals surface area contributed by atoms with Gasteiger partial charge in [0.05, 0.1) is 16.1 Å². The lowest BCUT2D eigenvalue weighted by atomic mass is 9.82. The van der Waals surface area contributed by atoms with Gasteiger partial charge >= 0.3 is 5.97 Å². The lowest BCUT2D eigenvalue weighted by Gasteiger charge is -2.37. The van der Waals surface area contributed by atoms with Crippen LogP contribution in [0.25, 0.3) is 0 Å². The monoisotopic (exact) mass is 336 g/mol. The topological polar surface area (TPSA) is 70.5 Å². The number of amides is 1. The van der Waals surface area contributed by atoms with E-state index in [2.05, 4.69) is 4.98 Å². The Labute approximate surface area is 140 Å². The summed E-state index contributed by atoms with van der Waals surface area (Å²) in [5, 5.41) is 10.5. The van der Waals surface area contributed by atoms with Gasteiger partial charge in [-0.3, -0.25) is 9.59 Å². The number of likely N-dealkylation sites (tertiary alicyclic amines) is 1. The standard InChI is InChI=1S/C17H24N2O3S/c1-11-13(23-14(18-11)12-6-3-4-7-12)15(20)19-9-5-8-17(2,10-19)16(21)22/h12H,3-10H2,1-2H3,(H,21,22). The van der Waals surface area contributed by atoms with Crippen LogP contribution in [0.5, 0.6) is 0 Å². The van der Waals surface area contributed by atoms with Gasteiger partial charge in [0.2, 0.25) is 0 Å². The number of carboxylic acids is 1. The molecule has 1 unspecified atom stereocenters. The molecule has 5 nitrogen and oxygen atoms in total. The van der Waals surface area contributed by atoms with Crippen molar-refractivity contribution in [2.45, 2.75) is 58.3 Å². The fourth-order valence-electron chi connectivity index (χ4n) is 3.69. The first kappa shape index (κ1) is 16.4. The van der Waals surface area contributed by atoms with E-state index in [1.807, 2.05) is 6.92 Å². The zero-order valence-electron chi connectivity index (χ0n) is 13.8. The van der Waals surface area contributed by atoms with E-state index < -0.39 is 11.4 Å². The van der Waals surface area contributed by atoms with Gasteiger partial charge in [-0.25, -0.2) is 4.98 Å². The van der Waals surface area contributed by atoms with E-state index in [1.165, 1.54) is 37.0 Å². The summed E-state index contributed by atoms with van der Waals surface area (Å²) in [6.45, 7) is 4.55. The predicted molar refractivity (Wildman–Crippen MR) is 88.9 cm³/mol. The maximum atomic E-state index is 12.9. The molecule has 3 rings (SSSR count). The number of piperidine rings is 1. The summed E-state index contributed by atoms with van der Waals surface area (Å²) >= 11 is 1.52. The first-order chi connectivity index (χ1) is 10.9. The minimum absolute atomic E-state index is 0.0450. The Morgan fingerprint density at radius 2 is 2.00 bits per heavy atom. The van der Waals surface area contributed by atoms with E-state index in [0.29, 0.717) is 23.8 Å². The van der Waals surface area contributed by atoms with E-state index in [1.54, 1.807) is 11.8 Å². The summed E-state index contributed by atoms with van der Waals surface area (Å²) in [6, 6.07) is 0. The molecule has 0 aromatic carbocycles. The highest BCUT2D eigenvalue weighted by Gasteiger charge is 2.40. The zero-order valence-corrected chi connectivity index (χ0v) is 14.6. The Kier molecular flexibility index (Phi) is 4.45. The molecule has 1 saturated heterocycles. The van der Waals surface area contributed by atoms with Crippen LogP contribution in [-0.2, 0) is 4.79 Å². The first-order valence-electron chi connectivity index (χ1n) is 8.41. The number of hydrogen-bond acceptors (Lipinski definition) is 4. The normalized spacial score (nSPS) is 25.7. The smallest absolute Gasteiger partial charge is 0.311 e. The lowest BCUT2D eigenvalue weighted by molar-refractivity contribution is -0.150. The summed E-state index contributed by atoms with van der Waals surface area (Å²) in [6.07, 6.45) is 6.19. The predicted octanol–water partition coefficient (Wildman–Crippen LogP) is 3.44. The van der Waals surface area contributed by atoms with Gasteiger partial charge in [-0.05, 0) is 39.5 Å². The number of carboxylic acid groups (broad SMARTS) is 1. The van der Waals surface area contributed by atoms with Gasteiger partial charge in [0.1, 0.15) is 4.88 Å². The molecule has 126 valence electrons. The Bertz CT molecular complexity index is 621. The van der Waals surface area contributed by atoms with E-state index in [4.69, 9.17) is 0 Å². The second-order valence-corrected chi connectivity index (χ2v) is 8.17. The highest BCUT2D eigenvalue weighted by atomic mass is 32.1. The summed E-state index contributed by atoms with van der Waals surface area (Å²) in [5.41, 5.74) is -0.0367. The number of carbonyl (C=O) groups excluding carboxylic acids is 1. The molecule has 1 aromatic heterocycles. The molecular weight excluding hydrogens is 312 g/mol. The van der Waals surface area contributed by atoms with Crippen LogP contribution in [0.1, 0.15) is 71.7 Å². The van der Waals surface area contributed by atoms with Crippen molar-refractivity contribution in [2.75, 3.05) is 13.1 Å². The van der Waals surface area contributed by atoms with Crippen LogP contribution >= 0.6 is 11.3 Å². The third-order valence-electron chi connectivity index (χ3n) is 5.21. The average Bonchev–Trinajstić information content (AvgIpc) is 3.15. The Morgan fingerprint density at radius 3 is 2.65 bits per heavy atom. The van der Waals surface area contributed by atoms with Crippen LogP contribution in [0.4, 0.5) is 0 Å². The number of aromatic nitrogens is 1. The van der Waals surface area contributed by atoms with Crippen molar-refractivity contribution in [3.05, 3.63) is 15.6 Å². The fourth-order valence-corrected chi connectivity index (χ4v) is 4.90. The molecule has 1 aliphatic heterocycles. The van der Waals surface area contributed by atoms with Crippen molar-refractivity contribution >= 4 is 23.2 Å². The summed E-state index contributed by atoms with van der Waals surface area (Å²) < 4.78 is 0. The van der Waals surface area contributed by atoms with Crippen molar-refractivity contribution in [3.8, 4) is 0 Å². The zero-order chi connectivity index (χ0) is 16.6. The van der Waals surface area contributed by atoms with Gasteiger partial charge in [0, 0.05) is 19.0 Å². The van der Waals surface area contributed by atoms with Crippen LogP contribution in [0.2, 0.25) is 0 Å². The van der Waals surface area contributed by atoms with Crippen molar-refractivity contribution < 1.29 is 14.7 Å². The molecule has 1 N–H and O–H groups in total. The second-order valence-electron chi connectivity index (χ2n) is 7.14. The summed E-state index contributed by atoms with van der Waals surface area (Å²) in [7, 11) is 0. The lowest BCUT2D eigenvalue weighted by Crippen LogP contribution is -2.48. The number of hydrogen-bond donors (Lipinski definition) is 1. The van der Waals surface area contributed by atoms with E-state index in [-0.39, 0.29) is 12.5 Å². The van der Waals surface area contributed by atoms with Crippen LogP contribution in [0, 0.1) is 12.3 Å². The third-order valence-corrected chi connectivity index (χ3v) is 6.52. The highest BCUT2D eigenvalue weighted by molar-refractivity contribution is 7.13. The minimum atomic E-state index is -0.833. The first-order valence-corrected chi connectivity index (χ1v) is 9.22. The third kappa shape index (κ3) is 3.13. The molecule has 1 aromatic rings. The van der Waals surface area contributed by atoms with Crippen molar-refractivity contribution in [1.82, 2.24) is 9.88 Å². The molecule has 0 radical (unpaired) electrons. The number of carbonyl (C=O) groups is 2. The minimum Gasteiger partial charge on any atom is -0.481 e. The molecule has 1 amide bonds. The van der Waals surface area contributed by atoms with Crippen LogP contribution in [-0.4, -0.2) is 40.0 Å². The van der Waals surface area contributed by atoms with Gasteiger partial charge in [0.15, 0.2) is 0 Å². The molecule has 6 heteroatoms. The van der Waals surface area contributed by atoms with Crippen molar-refractivity contribution in [2.24, 2.45) is 5.41 Å². The maximum Gasteiger partial charge on any atom is 0.311 e. The summed E-state index contributed by atoms with van der Waals surface area (Å²) in [5.74, 6) is -0.356. The Morgan fingerprint density at radius 1 is 1.30 bits per heavy atom. The molecule has 0 spiro atoms. The molecule has 1 atom stereocenters. The molecule has 2 fully saturated rings. The molecule has 0 bridgehead atoms. The number of thiazole rings is 1. The molecule has 1 saturated carbocycles. The van der Waals surface area contributed by atoms with Gasteiger partial charge < -0.3 is 10.0 Å². The molecular formula is C17H24N2O3S. The SMILES string of the molecule is Cc1nc(C2CCCC2)sc1C(=O)N1CCCC(C)(C(=O)O)C1. The molecule has 2 aliphatic rings. The van der Waals surface area contributed by atoms with Gasteiger partial charge in [-0.1, -0.05) is 12.8 Å². The van der Waals surface area contributed by atoms with Crippen LogP contribution in [0.3, 0.4) is 0 Å². The van der Waals surface area contributed by atoms with E-state index >= 15 is 0 Å². The average molecular weight is 336 g/mol. The van der Waals surface area contributed by atoms with Gasteiger partial charge in [-0.2, -0.15) is 0 Å². The van der Waals surface area contributed by atoms with Crippen LogP contribution < -0.4 is 0 Å². The highest BCUT2D eigenvalue weighted by Crippen LogP contribution is 2.38. The maximum absolute atomic E-state index is 12.9. The van der Waals surface area contributed by atoms with Gasteiger partial charge in [0.25, 0.3) is 5.91 Å².